The molecule has 0 radical (unpaired) electrons. The highest BCUT2D eigenvalue weighted by atomic mass is 16.5. The standard InChI is InChI=1S/C21H24N6O2/c1-25-18-9-10-26(21(28)15-5-7-16(29-2)8-6-15)12-17(18)19(24-25)20-23-22-13-27(20)11-14-3-4-14/h5-8,13-14H,3-4,9-12H2,1-2H3. The second-order valence-electron chi connectivity index (χ2n) is 7.85. The van der Waals surface area contributed by atoms with Gasteiger partial charge in [-0.15, -0.1) is 10.2 Å². The number of aryl methyl sites for hydroxylation is 1. The van der Waals surface area contributed by atoms with Crippen LogP contribution in [0, 0.1) is 5.92 Å². The van der Waals surface area contributed by atoms with Crippen molar-refractivity contribution in [2.45, 2.75) is 32.4 Å². The maximum Gasteiger partial charge on any atom is 0.254 e. The lowest BCUT2D eigenvalue weighted by molar-refractivity contribution is 0.0733. The van der Waals surface area contributed by atoms with E-state index in [-0.39, 0.29) is 5.91 Å². The normalized spacial score (nSPS) is 16.0. The Morgan fingerprint density at radius 3 is 2.76 bits per heavy atom. The van der Waals surface area contributed by atoms with Gasteiger partial charge in [-0.3, -0.25) is 9.48 Å². The fourth-order valence-electron chi connectivity index (χ4n) is 4.01. The van der Waals surface area contributed by atoms with Gasteiger partial charge in [0.25, 0.3) is 5.91 Å². The molecule has 8 heteroatoms. The third kappa shape index (κ3) is 3.28. The third-order valence-corrected chi connectivity index (χ3v) is 5.85. The van der Waals surface area contributed by atoms with Gasteiger partial charge in [-0.1, -0.05) is 0 Å². The van der Waals surface area contributed by atoms with Crippen molar-refractivity contribution in [3.8, 4) is 17.3 Å². The molecule has 0 unspecified atom stereocenters. The summed E-state index contributed by atoms with van der Waals surface area (Å²) in [6, 6.07) is 7.26. The molecule has 2 aromatic heterocycles. The van der Waals surface area contributed by atoms with E-state index in [4.69, 9.17) is 9.84 Å². The van der Waals surface area contributed by atoms with Crippen LogP contribution in [0.5, 0.6) is 5.75 Å². The first-order valence-electron chi connectivity index (χ1n) is 10.0. The number of methoxy groups -OCH3 is 1. The first kappa shape index (κ1) is 17.9. The zero-order valence-corrected chi connectivity index (χ0v) is 16.7. The number of nitrogens with zero attached hydrogens (tertiary/aromatic N) is 6. The number of aromatic nitrogens is 5. The summed E-state index contributed by atoms with van der Waals surface area (Å²) in [5, 5.41) is 13.2. The molecule has 0 bridgehead atoms. The van der Waals surface area contributed by atoms with Crippen molar-refractivity contribution in [2.75, 3.05) is 13.7 Å². The van der Waals surface area contributed by atoms with E-state index in [1.54, 1.807) is 13.4 Å². The number of fused-ring (bicyclic) bond motifs is 1. The molecule has 1 amide bonds. The monoisotopic (exact) mass is 392 g/mol. The van der Waals surface area contributed by atoms with Crippen LogP contribution < -0.4 is 4.74 Å². The number of benzene rings is 1. The largest absolute Gasteiger partial charge is 0.497 e. The van der Waals surface area contributed by atoms with Crippen molar-refractivity contribution in [1.29, 1.82) is 0 Å². The lowest BCUT2D eigenvalue weighted by Crippen LogP contribution is -2.36. The number of hydrogen-bond donors (Lipinski definition) is 0. The summed E-state index contributed by atoms with van der Waals surface area (Å²) in [5.41, 5.74) is 3.75. The molecule has 0 saturated heterocycles. The Kier molecular flexibility index (Phi) is 4.34. The van der Waals surface area contributed by atoms with Crippen molar-refractivity contribution in [3.05, 3.63) is 47.4 Å². The Balaban J connectivity index is 1.43. The number of hydrogen-bond acceptors (Lipinski definition) is 5. The molecule has 8 nitrogen and oxygen atoms in total. The Morgan fingerprint density at radius 1 is 1.24 bits per heavy atom. The zero-order valence-electron chi connectivity index (χ0n) is 16.7. The van der Waals surface area contributed by atoms with Crippen LogP contribution in [0.25, 0.3) is 11.5 Å². The van der Waals surface area contributed by atoms with E-state index in [1.807, 2.05) is 40.9 Å². The minimum atomic E-state index is 0.0209. The first-order chi connectivity index (χ1) is 14.1. The maximum atomic E-state index is 13.1. The summed E-state index contributed by atoms with van der Waals surface area (Å²) in [5.74, 6) is 2.28. The van der Waals surface area contributed by atoms with Crippen molar-refractivity contribution < 1.29 is 9.53 Å². The van der Waals surface area contributed by atoms with E-state index in [2.05, 4.69) is 14.8 Å². The topological polar surface area (TPSA) is 78.1 Å². The van der Waals surface area contributed by atoms with Crippen LogP contribution in [-0.4, -0.2) is 49.0 Å². The molecule has 2 aliphatic rings. The molecule has 0 spiro atoms. The number of carbonyl (C=O) groups excluding carboxylic acids is 1. The Labute approximate surface area is 169 Å². The predicted molar refractivity (Wildman–Crippen MR) is 106 cm³/mol. The smallest absolute Gasteiger partial charge is 0.254 e. The molecule has 1 aliphatic heterocycles. The average Bonchev–Trinajstić information content (AvgIpc) is 3.36. The lowest BCUT2D eigenvalue weighted by Gasteiger charge is -2.27. The maximum absolute atomic E-state index is 13.1. The van der Waals surface area contributed by atoms with Gasteiger partial charge in [0.15, 0.2) is 5.82 Å². The molecule has 0 N–H and O–H groups in total. The molecular formula is C21H24N6O2. The minimum absolute atomic E-state index is 0.0209. The van der Waals surface area contributed by atoms with Gasteiger partial charge in [0, 0.05) is 43.4 Å². The first-order valence-corrected chi connectivity index (χ1v) is 10.0. The fraction of sp³-hybridized carbons (Fsp3) is 0.429. The summed E-state index contributed by atoms with van der Waals surface area (Å²) in [7, 11) is 3.58. The van der Waals surface area contributed by atoms with E-state index >= 15 is 0 Å². The summed E-state index contributed by atoms with van der Waals surface area (Å²) < 4.78 is 9.22. The van der Waals surface area contributed by atoms with E-state index < -0.39 is 0 Å². The molecule has 3 aromatic rings. The van der Waals surface area contributed by atoms with Crippen LogP contribution in [-0.2, 0) is 26.6 Å². The number of rotatable bonds is 5. The van der Waals surface area contributed by atoms with Gasteiger partial charge in [-0.2, -0.15) is 5.10 Å². The van der Waals surface area contributed by atoms with Crippen LogP contribution in [0.1, 0.15) is 34.5 Å². The summed E-state index contributed by atoms with van der Waals surface area (Å²) in [6.07, 6.45) is 5.10. The number of amides is 1. The Bertz CT molecular complexity index is 1050. The third-order valence-electron chi connectivity index (χ3n) is 5.85. The lowest BCUT2D eigenvalue weighted by atomic mass is 10.0. The SMILES string of the molecule is COc1ccc(C(=O)N2CCc3c(c(-c4nncn4CC4CC4)nn3C)C2)cc1. The molecular weight excluding hydrogens is 368 g/mol. The van der Waals surface area contributed by atoms with Gasteiger partial charge < -0.3 is 14.2 Å². The van der Waals surface area contributed by atoms with Crippen LogP contribution in [0.15, 0.2) is 30.6 Å². The molecule has 3 heterocycles. The fourth-order valence-corrected chi connectivity index (χ4v) is 4.01. The van der Waals surface area contributed by atoms with Crippen LogP contribution in [0.4, 0.5) is 0 Å². The van der Waals surface area contributed by atoms with Crippen molar-refractivity contribution in [2.24, 2.45) is 13.0 Å². The average molecular weight is 392 g/mol. The highest BCUT2D eigenvalue weighted by Crippen LogP contribution is 2.34. The van der Waals surface area contributed by atoms with Gasteiger partial charge in [-0.05, 0) is 43.0 Å². The number of carbonyl (C=O) groups is 1. The highest BCUT2D eigenvalue weighted by molar-refractivity contribution is 5.94. The Hall–Kier alpha value is -3.16. The second kappa shape index (κ2) is 7.02. The van der Waals surface area contributed by atoms with Crippen molar-refractivity contribution in [3.63, 3.8) is 0 Å². The van der Waals surface area contributed by atoms with Gasteiger partial charge in [0.2, 0.25) is 0 Å². The highest BCUT2D eigenvalue weighted by Gasteiger charge is 2.30. The second-order valence-corrected chi connectivity index (χ2v) is 7.85. The quantitative estimate of drug-likeness (QED) is 0.666. The molecule has 1 saturated carbocycles. The summed E-state index contributed by atoms with van der Waals surface area (Å²) >= 11 is 0. The van der Waals surface area contributed by atoms with E-state index in [1.165, 1.54) is 18.5 Å². The molecule has 29 heavy (non-hydrogen) atoms. The molecule has 1 aliphatic carbocycles. The predicted octanol–water partition coefficient (Wildman–Crippen LogP) is 2.30. The molecule has 5 rings (SSSR count). The molecule has 1 aromatic carbocycles. The zero-order chi connectivity index (χ0) is 20.0. The van der Waals surface area contributed by atoms with Crippen LogP contribution >= 0.6 is 0 Å². The Morgan fingerprint density at radius 2 is 2.03 bits per heavy atom. The van der Waals surface area contributed by atoms with Crippen molar-refractivity contribution >= 4 is 5.91 Å². The number of ether oxygens (including phenoxy) is 1. The molecule has 150 valence electrons. The summed E-state index contributed by atoms with van der Waals surface area (Å²) in [4.78, 5) is 14.9. The van der Waals surface area contributed by atoms with Gasteiger partial charge >= 0.3 is 0 Å². The molecule has 1 fully saturated rings. The minimum Gasteiger partial charge on any atom is -0.497 e. The van der Waals surface area contributed by atoms with Gasteiger partial charge in [0.05, 0.1) is 13.7 Å². The van der Waals surface area contributed by atoms with Gasteiger partial charge in [0.1, 0.15) is 17.8 Å². The van der Waals surface area contributed by atoms with Crippen molar-refractivity contribution in [1.82, 2.24) is 29.4 Å². The van der Waals surface area contributed by atoms with E-state index in [0.717, 1.165) is 41.7 Å². The van der Waals surface area contributed by atoms with E-state index in [9.17, 15) is 4.79 Å². The van der Waals surface area contributed by atoms with E-state index in [0.29, 0.717) is 18.7 Å². The summed E-state index contributed by atoms with van der Waals surface area (Å²) in [6.45, 7) is 2.13. The van der Waals surface area contributed by atoms with Crippen LogP contribution in [0.2, 0.25) is 0 Å². The molecule has 0 atom stereocenters. The van der Waals surface area contributed by atoms with Gasteiger partial charge in [-0.25, -0.2) is 0 Å². The van der Waals surface area contributed by atoms with Crippen LogP contribution in [0.3, 0.4) is 0 Å².